The quantitative estimate of drug-likeness (QED) is 0.758. The van der Waals surface area contributed by atoms with E-state index >= 15 is 0 Å². The lowest BCUT2D eigenvalue weighted by Gasteiger charge is -2.16. The summed E-state index contributed by atoms with van der Waals surface area (Å²) in [6.07, 6.45) is -7.85. The Morgan fingerprint density at radius 3 is 2.12 bits per heavy atom. The van der Waals surface area contributed by atoms with Gasteiger partial charge < -0.3 is 10.2 Å². The molecule has 12 heteroatoms. The summed E-state index contributed by atoms with van der Waals surface area (Å²) in [5.74, 6) is -1.46. The summed E-state index contributed by atoms with van der Waals surface area (Å²) < 4.78 is 66.4. The van der Waals surface area contributed by atoms with Crippen molar-refractivity contribution in [2.45, 2.75) is 29.6 Å². The molecule has 1 aromatic rings. The first-order valence-electron chi connectivity index (χ1n) is 6.75. The minimum atomic E-state index is -4.63. The Morgan fingerprint density at radius 2 is 1.72 bits per heavy atom. The Labute approximate surface area is 139 Å². The number of amides is 1. The number of carboxylic acid groups (broad SMARTS) is 2. The van der Waals surface area contributed by atoms with Gasteiger partial charge >= 0.3 is 18.2 Å². The fourth-order valence-electron chi connectivity index (χ4n) is 2.36. The number of rotatable bonds is 4. The molecule has 2 rings (SSSR count). The number of benzene rings is 1. The van der Waals surface area contributed by atoms with Gasteiger partial charge in [0, 0.05) is 6.42 Å². The molecule has 1 saturated heterocycles. The smallest absolute Gasteiger partial charge is 0.416 e. The molecule has 1 heterocycles. The van der Waals surface area contributed by atoms with Gasteiger partial charge in [-0.05, 0) is 24.3 Å². The van der Waals surface area contributed by atoms with Crippen LogP contribution in [-0.4, -0.2) is 54.3 Å². The molecule has 0 spiro atoms. The van der Waals surface area contributed by atoms with Crippen molar-refractivity contribution in [2.24, 2.45) is 0 Å². The lowest BCUT2D eigenvalue weighted by atomic mass is 10.2. The van der Waals surface area contributed by atoms with Gasteiger partial charge in [-0.2, -0.15) is 21.6 Å². The average molecular weight is 383 g/mol. The second kappa shape index (κ2) is 6.52. The van der Waals surface area contributed by atoms with Crippen LogP contribution in [0.2, 0.25) is 0 Å². The summed E-state index contributed by atoms with van der Waals surface area (Å²) >= 11 is 0. The van der Waals surface area contributed by atoms with Gasteiger partial charge in [-0.15, -0.1) is 0 Å². The molecular weight excluding hydrogens is 371 g/mol. The fourth-order valence-corrected chi connectivity index (χ4v) is 3.44. The predicted octanol–water partition coefficient (Wildman–Crippen LogP) is 1.62. The zero-order valence-electron chi connectivity index (χ0n) is 12.3. The zero-order chi connectivity index (χ0) is 19.0. The zero-order valence-corrected chi connectivity index (χ0v) is 13.1. The van der Waals surface area contributed by atoms with Crippen molar-refractivity contribution >= 4 is 22.2 Å². The SMILES string of the molecule is O=C(O)[C@@H]1C[C@H](OS(=O)(=O)c2ccc(C(F)(F)F)cc2)CN1C(=O)O. The van der Waals surface area contributed by atoms with Gasteiger partial charge in [0.1, 0.15) is 6.04 Å². The molecule has 0 radical (unpaired) electrons. The Kier molecular flexibility index (Phi) is 4.95. The number of carbonyl (C=O) groups is 2. The lowest BCUT2D eigenvalue weighted by molar-refractivity contribution is -0.141. The van der Waals surface area contributed by atoms with Crippen LogP contribution in [0.5, 0.6) is 0 Å². The Hall–Kier alpha value is -2.34. The van der Waals surface area contributed by atoms with Crippen molar-refractivity contribution in [3.8, 4) is 0 Å². The van der Waals surface area contributed by atoms with E-state index in [1.807, 2.05) is 0 Å². The van der Waals surface area contributed by atoms with Crippen molar-refractivity contribution in [3.63, 3.8) is 0 Å². The highest BCUT2D eigenvalue weighted by Gasteiger charge is 2.42. The molecule has 1 aliphatic heterocycles. The van der Waals surface area contributed by atoms with Crippen LogP contribution >= 0.6 is 0 Å². The van der Waals surface area contributed by atoms with Crippen LogP contribution in [0.15, 0.2) is 29.2 Å². The minimum absolute atomic E-state index is 0.401. The van der Waals surface area contributed by atoms with Crippen LogP contribution in [0.25, 0.3) is 0 Å². The van der Waals surface area contributed by atoms with Gasteiger partial charge in [-0.3, -0.25) is 9.08 Å². The molecule has 1 fully saturated rings. The van der Waals surface area contributed by atoms with Gasteiger partial charge in [0.25, 0.3) is 10.1 Å². The Bertz CT molecular complexity index is 754. The first kappa shape index (κ1) is 19.0. The van der Waals surface area contributed by atoms with Crippen molar-refractivity contribution in [1.82, 2.24) is 4.90 Å². The third kappa shape index (κ3) is 4.20. The van der Waals surface area contributed by atoms with E-state index in [-0.39, 0.29) is 0 Å². The molecule has 1 amide bonds. The third-order valence-electron chi connectivity index (χ3n) is 3.53. The van der Waals surface area contributed by atoms with E-state index in [0.717, 1.165) is 0 Å². The highest BCUT2D eigenvalue weighted by atomic mass is 32.2. The van der Waals surface area contributed by atoms with E-state index in [1.165, 1.54) is 0 Å². The van der Waals surface area contributed by atoms with E-state index in [2.05, 4.69) is 0 Å². The molecule has 138 valence electrons. The van der Waals surface area contributed by atoms with Crippen LogP contribution in [0.4, 0.5) is 18.0 Å². The molecule has 25 heavy (non-hydrogen) atoms. The monoisotopic (exact) mass is 383 g/mol. The van der Waals surface area contributed by atoms with Crippen LogP contribution in [-0.2, 0) is 25.3 Å². The minimum Gasteiger partial charge on any atom is -0.480 e. The standard InChI is InChI=1S/C13H12F3NO7S/c14-13(15,16)7-1-3-9(4-2-7)25(22,23)24-8-5-10(11(18)19)17(6-8)12(20)21/h1-4,8,10H,5-6H2,(H,18,19)(H,20,21)/t8-,10-/m0/s1. The van der Waals surface area contributed by atoms with E-state index in [0.29, 0.717) is 29.2 Å². The first-order chi connectivity index (χ1) is 11.4. The van der Waals surface area contributed by atoms with E-state index < -0.39 is 63.9 Å². The number of hydrogen-bond donors (Lipinski definition) is 2. The van der Waals surface area contributed by atoms with Crippen molar-refractivity contribution < 1.29 is 45.6 Å². The molecule has 1 aliphatic rings. The summed E-state index contributed by atoms with van der Waals surface area (Å²) in [5.41, 5.74) is -1.05. The van der Waals surface area contributed by atoms with E-state index in [4.69, 9.17) is 14.4 Å². The molecule has 2 atom stereocenters. The molecule has 0 aromatic heterocycles. The Balaban J connectivity index is 2.16. The average Bonchev–Trinajstić information content (AvgIpc) is 2.90. The Morgan fingerprint density at radius 1 is 1.16 bits per heavy atom. The van der Waals surface area contributed by atoms with Crippen molar-refractivity contribution in [3.05, 3.63) is 29.8 Å². The van der Waals surface area contributed by atoms with Crippen molar-refractivity contribution in [1.29, 1.82) is 0 Å². The molecule has 8 nitrogen and oxygen atoms in total. The second-order valence-corrected chi connectivity index (χ2v) is 6.79. The van der Waals surface area contributed by atoms with Gasteiger partial charge in [-0.1, -0.05) is 0 Å². The molecule has 2 N–H and O–H groups in total. The van der Waals surface area contributed by atoms with Crippen LogP contribution in [0.1, 0.15) is 12.0 Å². The highest BCUT2D eigenvalue weighted by Crippen LogP contribution is 2.30. The van der Waals surface area contributed by atoms with Gasteiger partial charge in [0.05, 0.1) is 23.1 Å². The number of likely N-dealkylation sites (tertiary alicyclic amines) is 1. The highest BCUT2D eigenvalue weighted by molar-refractivity contribution is 7.86. The van der Waals surface area contributed by atoms with Crippen LogP contribution in [0, 0.1) is 0 Å². The van der Waals surface area contributed by atoms with E-state index in [1.54, 1.807) is 0 Å². The molecule has 0 unspecified atom stereocenters. The maximum Gasteiger partial charge on any atom is 0.416 e. The first-order valence-corrected chi connectivity index (χ1v) is 8.15. The number of nitrogens with zero attached hydrogens (tertiary/aromatic N) is 1. The summed E-state index contributed by atoms with van der Waals surface area (Å²) in [6.45, 7) is -0.494. The largest absolute Gasteiger partial charge is 0.480 e. The molecule has 0 saturated carbocycles. The van der Waals surface area contributed by atoms with Gasteiger partial charge in [-0.25, -0.2) is 9.59 Å². The summed E-state index contributed by atoms with van der Waals surface area (Å²) in [6, 6.07) is 1.07. The number of alkyl halides is 3. The topological polar surface area (TPSA) is 121 Å². The molecular formula is C13H12F3NO7S. The third-order valence-corrected chi connectivity index (χ3v) is 4.90. The van der Waals surface area contributed by atoms with E-state index in [9.17, 15) is 31.2 Å². The summed E-state index contributed by atoms with van der Waals surface area (Å²) in [5, 5.41) is 17.9. The second-order valence-electron chi connectivity index (χ2n) is 5.22. The number of aliphatic carboxylic acids is 1. The fraction of sp³-hybridized carbons (Fsp3) is 0.385. The van der Waals surface area contributed by atoms with Gasteiger partial charge in [0.2, 0.25) is 0 Å². The number of carboxylic acids is 1. The lowest BCUT2D eigenvalue weighted by Crippen LogP contribution is -2.39. The number of halogens is 3. The van der Waals surface area contributed by atoms with Gasteiger partial charge in [0.15, 0.2) is 0 Å². The molecule has 0 bridgehead atoms. The molecule has 1 aromatic carbocycles. The maximum atomic E-state index is 12.5. The summed E-state index contributed by atoms with van der Waals surface area (Å²) in [7, 11) is -4.48. The van der Waals surface area contributed by atoms with Crippen LogP contribution in [0.3, 0.4) is 0 Å². The van der Waals surface area contributed by atoms with Crippen molar-refractivity contribution in [2.75, 3.05) is 6.54 Å². The maximum absolute atomic E-state index is 12.5. The number of hydrogen-bond acceptors (Lipinski definition) is 5. The van der Waals surface area contributed by atoms with Crippen LogP contribution < -0.4 is 0 Å². The normalized spacial score (nSPS) is 21.3. The molecule has 0 aliphatic carbocycles. The summed E-state index contributed by atoms with van der Waals surface area (Å²) in [4.78, 5) is 22.0. The predicted molar refractivity (Wildman–Crippen MR) is 74.3 cm³/mol.